The third-order valence-corrected chi connectivity index (χ3v) is 8.35. The third-order valence-electron chi connectivity index (χ3n) is 8.35. The van der Waals surface area contributed by atoms with Gasteiger partial charge in [0.25, 0.3) is 5.91 Å². The van der Waals surface area contributed by atoms with Crippen LogP contribution in [0.2, 0.25) is 0 Å². The zero-order chi connectivity index (χ0) is 27.9. The Kier molecular flexibility index (Phi) is 6.34. The molecule has 0 bridgehead atoms. The average Bonchev–Trinajstić information content (AvgIpc) is 3.42. The fourth-order valence-corrected chi connectivity index (χ4v) is 6.22. The molecule has 7 rings (SSSR count). The molecule has 1 saturated heterocycles. The lowest BCUT2D eigenvalue weighted by molar-refractivity contribution is -0.134. The largest absolute Gasteiger partial charge is 0.367 e. The quantitative estimate of drug-likeness (QED) is 0.340. The summed E-state index contributed by atoms with van der Waals surface area (Å²) < 4.78 is 1.82. The molecule has 2 amide bonds. The molecule has 1 fully saturated rings. The molecular formula is C32H31N7O2. The molecular weight excluding hydrogens is 514 g/mol. The van der Waals surface area contributed by atoms with Crippen LogP contribution in [-0.2, 0) is 24.3 Å². The molecule has 206 valence electrons. The van der Waals surface area contributed by atoms with Gasteiger partial charge in [-0.1, -0.05) is 18.2 Å². The van der Waals surface area contributed by atoms with Gasteiger partial charge in [-0.05, 0) is 66.9 Å². The van der Waals surface area contributed by atoms with E-state index in [0.29, 0.717) is 25.2 Å². The maximum absolute atomic E-state index is 13.6. The molecule has 1 atom stereocenters. The molecule has 3 aromatic heterocycles. The van der Waals surface area contributed by atoms with E-state index in [1.54, 1.807) is 18.7 Å². The predicted molar refractivity (Wildman–Crippen MR) is 158 cm³/mol. The van der Waals surface area contributed by atoms with Gasteiger partial charge in [0.15, 0.2) is 5.65 Å². The van der Waals surface area contributed by atoms with Gasteiger partial charge in [-0.3, -0.25) is 14.6 Å². The van der Waals surface area contributed by atoms with Gasteiger partial charge in [-0.25, -0.2) is 9.97 Å². The highest BCUT2D eigenvalue weighted by Crippen LogP contribution is 2.32. The minimum absolute atomic E-state index is 0.0431. The highest BCUT2D eigenvalue weighted by molar-refractivity contribution is 5.98. The normalized spacial score (nSPS) is 17.2. The first-order valence-electron chi connectivity index (χ1n) is 14.1. The molecule has 9 nitrogen and oxygen atoms in total. The van der Waals surface area contributed by atoms with Gasteiger partial charge in [0.1, 0.15) is 12.1 Å². The number of pyridine rings is 2. The number of amides is 2. The summed E-state index contributed by atoms with van der Waals surface area (Å²) in [4.78, 5) is 46.3. The molecule has 5 heterocycles. The van der Waals surface area contributed by atoms with Crippen molar-refractivity contribution >= 4 is 39.6 Å². The van der Waals surface area contributed by atoms with E-state index in [1.165, 1.54) is 11.1 Å². The number of benzene rings is 2. The molecule has 2 aliphatic rings. The van der Waals surface area contributed by atoms with Crippen LogP contribution in [0.5, 0.6) is 0 Å². The molecule has 2 aromatic carbocycles. The fourth-order valence-electron chi connectivity index (χ4n) is 6.22. The van der Waals surface area contributed by atoms with Crippen molar-refractivity contribution in [3.05, 3.63) is 96.1 Å². The van der Waals surface area contributed by atoms with E-state index in [1.807, 2.05) is 56.8 Å². The lowest BCUT2D eigenvalue weighted by Crippen LogP contribution is -2.55. The van der Waals surface area contributed by atoms with Crippen LogP contribution in [0, 0.1) is 0 Å². The number of hydrogen-bond acceptors (Lipinski definition) is 6. The van der Waals surface area contributed by atoms with E-state index in [0.717, 1.165) is 47.3 Å². The Hall–Kier alpha value is -4.79. The van der Waals surface area contributed by atoms with E-state index in [9.17, 15) is 9.59 Å². The SMILES string of the molecule is C[C@@H]1CN(c2cccc3c2CN(C(=O)c2ccc4ncccc4c2)CC3)CCN1C(=O)Cn1cnc2cccnc21. The van der Waals surface area contributed by atoms with Crippen molar-refractivity contribution in [3.8, 4) is 0 Å². The molecule has 0 unspecified atom stereocenters. The lowest BCUT2D eigenvalue weighted by Gasteiger charge is -2.42. The Morgan fingerprint density at radius 3 is 2.68 bits per heavy atom. The minimum Gasteiger partial charge on any atom is -0.367 e. The molecule has 0 saturated carbocycles. The summed E-state index contributed by atoms with van der Waals surface area (Å²) in [5, 5.41) is 0.968. The summed E-state index contributed by atoms with van der Waals surface area (Å²) >= 11 is 0. The number of imidazole rings is 1. The minimum atomic E-state index is 0.0431. The van der Waals surface area contributed by atoms with Gasteiger partial charge in [0.2, 0.25) is 5.91 Å². The Morgan fingerprint density at radius 1 is 0.902 bits per heavy atom. The number of hydrogen-bond donors (Lipinski definition) is 0. The molecule has 0 aliphatic carbocycles. The zero-order valence-corrected chi connectivity index (χ0v) is 23.0. The number of piperazine rings is 1. The second-order valence-corrected chi connectivity index (χ2v) is 10.9. The third kappa shape index (κ3) is 4.67. The number of nitrogens with zero attached hydrogens (tertiary/aromatic N) is 7. The Labute approximate surface area is 238 Å². The van der Waals surface area contributed by atoms with E-state index < -0.39 is 0 Å². The van der Waals surface area contributed by atoms with Gasteiger partial charge >= 0.3 is 0 Å². The molecule has 41 heavy (non-hydrogen) atoms. The van der Waals surface area contributed by atoms with Crippen molar-refractivity contribution in [2.75, 3.05) is 31.1 Å². The van der Waals surface area contributed by atoms with Crippen molar-refractivity contribution in [3.63, 3.8) is 0 Å². The van der Waals surface area contributed by atoms with Gasteiger partial charge in [-0.15, -0.1) is 0 Å². The number of rotatable bonds is 4. The summed E-state index contributed by atoms with van der Waals surface area (Å²) in [7, 11) is 0. The summed E-state index contributed by atoms with van der Waals surface area (Å²) in [6, 6.07) is 19.8. The number of carbonyl (C=O) groups is 2. The van der Waals surface area contributed by atoms with Crippen molar-refractivity contribution < 1.29 is 9.59 Å². The molecule has 2 aliphatic heterocycles. The van der Waals surface area contributed by atoms with Gasteiger partial charge in [0.05, 0.1) is 11.8 Å². The topological polar surface area (TPSA) is 87.5 Å². The summed E-state index contributed by atoms with van der Waals surface area (Å²) in [6.07, 6.45) is 6.00. The molecule has 0 N–H and O–H groups in total. The van der Waals surface area contributed by atoms with Crippen molar-refractivity contribution in [2.45, 2.75) is 32.5 Å². The van der Waals surface area contributed by atoms with Gasteiger partial charge < -0.3 is 19.3 Å². The van der Waals surface area contributed by atoms with Crippen LogP contribution in [0.15, 0.2) is 79.4 Å². The first-order valence-corrected chi connectivity index (χ1v) is 14.1. The lowest BCUT2D eigenvalue weighted by atomic mass is 9.96. The molecule has 9 heteroatoms. The van der Waals surface area contributed by atoms with Gasteiger partial charge in [0, 0.05) is 67.8 Å². The standard InChI is InChI=1S/C32H31N7O2/c1-22-18-36(15-16-39(22)30(40)20-38-21-35-28-7-4-13-34-31(28)38)29-8-2-5-23-11-14-37(19-26(23)29)32(41)25-9-10-27-24(17-25)6-3-12-33-27/h2-10,12-13,17,21-22H,11,14-16,18-20H2,1H3/t22-/m1/s1. The molecule has 5 aromatic rings. The molecule has 0 spiro atoms. The van der Waals surface area contributed by atoms with Crippen LogP contribution in [0.25, 0.3) is 22.1 Å². The zero-order valence-electron chi connectivity index (χ0n) is 23.0. The highest BCUT2D eigenvalue weighted by Gasteiger charge is 2.31. The van der Waals surface area contributed by atoms with E-state index in [4.69, 9.17) is 0 Å². The van der Waals surface area contributed by atoms with Crippen LogP contribution in [-0.4, -0.2) is 73.4 Å². The maximum Gasteiger partial charge on any atom is 0.254 e. The van der Waals surface area contributed by atoms with Crippen LogP contribution >= 0.6 is 0 Å². The summed E-state index contributed by atoms with van der Waals surface area (Å²) in [6.45, 7) is 5.70. The molecule has 0 radical (unpaired) electrons. The Bertz CT molecular complexity index is 1780. The van der Waals surface area contributed by atoms with Crippen molar-refractivity contribution in [2.24, 2.45) is 0 Å². The first-order chi connectivity index (χ1) is 20.0. The number of aromatic nitrogens is 4. The predicted octanol–water partition coefficient (Wildman–Crippen LogP) is 3.92. The summed E-state index contributed by atoms with van der Waals surface area (Å²) in [5.74, 6) is 0.112. The second-order valence-electron chi connectivity index (χ2n) is 10.9. The number of carbonyl (C=O) groups excluding carboxylic acids is 2. The average molecular weight is 546 g/mol. The number of fused-ring (bicyclic) bond motifs is 3. The fraction of sp³-hybridized carbons (Fsp3) is 0.281. The van der Waals surface area contributed by atoms with Crippen LogP contribution < -0.4 is 4.90 Å². The second kappa shape index (κ2) is 10.3. The first kappa shape index (κ1) is 25.2. The Balaban J connectivity index is 1.06. The van der Waals surface area contributed by atoms with Crippen molar-refractivity contribution in [1.29, 1.82) is 0 Å². The van der Waals surface area contributed by atoms with Crippen LogP contribution in [0.3, 0.4) is 0 Å². The Morgan fingerprint density at radius 2 is 1.78 bits per heavy atom. The van der Waals surface area contributed by atoms with E-state index in [-0.39, 0.29) is 24.4 Å². The summed E-state index contributed by atoms with van der Waals surface area (Å²) in [5.41, 5.74) is 6.74. The monoisotopic (exact) mass is 545 g/mol. The highest BCUT2D eigenvalue weighted by atomic mass is 16.2. The van der Waals surface area contributed by atoms with Crippen molar-refractivity contribution in [1.82, 2.24) is 29.3 Å². The van der Waals surface area contributed by atoms with Gasteiger partial charge in [-0.2, -0.15) is 0 Å². The smallest absolute Gasteiger partial charge is 0.254 e. The van der Waals surface area contributed by atoms with Crippen LogP contribution in [0.1, 0.15) is 28.4 Å². The maximum atomic E-state index is 13.6. The van der Waals surface area contributed by atoms with E-state index >= 15 is 0 Å². The van der Waals surface area contributed by atoms with E-state index in [2.05, 4.69) is 45.0 Å². The number of anilines is 1. The van der Waals surface area contributed by atoms with Crippen LogP contribution in [0.4, 0.5) is 5.69 Å².